The number of hydrogen-bond acceptors (Lipinski definition) is 4. The Morgan fingerprint density at radius 1 is 1.14 bits per heavy atom. The molecule has 0 aliphatic heterocycles. The van der Waals surface area contributed by atoms with Gasteiger partial charge in [0.2, 0.25) is 0 Å². The highest BCUT2D eigenvalue weighted by atomic mass is 32.2. The van der Waals surface area contributed by atoms with Crippen LogP contribution in [-0.2, 0) is 5.75 Å². The number of pyridine rings is 1. The molecule has 0 atom stereocenters. The van der Waals surface area contributed by atoms with E-state index in [1.54, 1.807) is 30.1 Å². The number of carbonyl (C=O) groups excluding carboxylic acids is 1. The Morgan fingerprint density at radius 2 is 1.91 bits per heavy atom. The highest BCUT2D eigenvalue weighted by Crippen LogP contribution is 2.08. The van der Waals surface area contributed by atoms with Crippen LogP contribution in [-0.4, -0.2) is 28.3 Å². The minimum absolute atomic E-state index is 0.195. The van der Waals surface area contributed by atoms with Gasteiger partial charge in [0.25, 0.3) is 5.91 Å². The molecule has 0 radical (unpaired) electrons. The maximum absolute atomic E-state index is 11.9. The van der Waals surface area contributed by atoms with Gasteiger partial charge in [-0.25, -0.2) is 0 Å². The van der Waals surface area contributed by atoms with Gasteiger partial charge in [-0.3, -0.25) is 15.1 Å². The van der Waals surface area contributed by atoms with Gasteiger partial charge in [0.05, 0.1) is 5.69 Å². The Bertz CT molecular complexity index is 605. The van der Waals surface area contributed by atoms with E-state index in [1.165, 1.54) is 0 Å². The van der Waals surface area contributed by atoms with E-state index in [9.17, 15) is 4.79 Å². The van der Waals surface area contributed by atoms with Crippen LogP contribution in [0.25, 0.3) is 0 Å². The third-order valence-electron chi connectivity index (χ3n) is 2.77. The van der Waals surface area contributed by atoms with Crippen molar-refractivity contribution < 1.29 is 4.79 Å². The molecule has 114 valence electrons. The van der Waals surface area contributed by atoms with Gasteiger partial charge in [-0.2, -0.15) is 11.8 Å². The highest BCUT2D eigenvalue weighted by Gasteiger charge is 2.06. The number of nitrogens with one attached hydrogen (secondary N) is 2. The van der Waals surface area contributed by atoms with Gasteiger partial charge in [-0.1, -0.05) is 24.3 Å². The lowest BCUT2D eigenvalue weighted by Crippen LogP contribution is -2.40. The van der Waals surface area contributed by atoms with Crippen molar-refractivity contribution in [2.45, 2.75) is 5.75 Å². The Kier molecular flexibility index (Phi) is 6.86. The number of thiocarbonyl (C=S) groups is 1. The largest absolute Gasteiger partial charge is 0.362 e. The molecular formula is C16H17N3OS2. The molecule has 0 saturated heterocycles. The second-order valence-corrected chi connectivity index (χ2v) is 5.96. The molecule has 0 saturated carbocycles. The number of benzene rings is 1. The summed E-state index contributed by atoms with van der Waals surface area (Å²) in [5.41, 5.74) is 1.66. The summed E-state index contributed by atoms with van der Waals surface area (Å²) < 4.78 is 0. The summed E-state index contributed by atoms with van der Waals surface area (Å²) in [6.07, 6.45) is 1.79. The molecule has 1 heterocycles. The van der Waals surface area contributed by atoms with Crippen LogP contribution in [0, 0.1) is 0 Å². The second-order valence-electron chi connectivity index (χ2n) is 4.45. The number of nitrogens with zero attached hydrogens (tertiary/aromatic N) is 1. The van der Waals surface area contributed by atoms with Crippen LogP contribution in [0.2, 0.25) is 0 Å². The van der Waals surface area contributed by atoms with Crippen molar-refractivity contribution in [3.05, 3.63) is 66.0 Å². The third-order valence-corrected chi connectivity index (χ3v) is 4.01. The van der Waals surface area contributed by atoms with Crippen LogP contribution in [0.4, 0.5) is 0 Å². The highest BCUT2D eigenvalue weighted by molar-refractivity contribution is 7.98. The Morgan fingerprint density at radius 3 is 2.64 bits per heavy atom. The summed E-state index contributed by atoms with van der Waals surface area (Å²) in [4.78, 5) is 16.1. The zero-order valence-electron chi connectivity index (χ0n) is 12.0. The Hall–Kier alpha value is -1.92. The first-order valence-electron chi connectivity index (χ1n) is 6.87. The second kappa shape index (κ2) is 9.17. The van der Waals surface area contributed by atoms with Gasteiger partial charge >= 0.3 is 0 Å². The molecule has 0 bridgehead atoms. The average Bonchev–Trinajstić information content (AvgIpc) is 2.56. The van der Waals surface area contributed by atoms with E-state index in [2.05, 4.69) is 15.6 Å². The molecule has 2 rings (SSSR count). The number of rotatable bonds is 6. The SMILES string of the molecule is O=C(NC(=S)NCCSCc1ccccn1)c1ccccc1. The summed E-state index contributed by atoms with van der Waals surface area (Å²) in [6, 6.07) is 14.9. The summed E-state index contributed by atoms with van der Waals surface area (Å²) >= 11 is 6.87. The molecule has 2 aromatic rings. The molecule has 1 aromatic heterocycles. The number of aromatic nitrogens is 1. The van der Waals surface area contributed by atoms with E-state index in [0.29, 0.717) is 17.2 Å². The minimum atomic E-state index is -0.195. The molecule has 4 nitrogen and oxygen atoms in total. The predicted molar refractivity (Wildman–Crippen MR) is 94.9 cm³/mol. The summed E-state index contributed by atoms with van der Waals surface area (Å²) in [5, 5.41) is 6.05. The van der Waals surface area contributed by atoms with E-state index < -0.39 is 0 Å². The molecule has 0 fully saturated rings. The zero-order chi connectivity index (χ0) is 15.6. The fraction of sp³-hybridized carbons (Fsp3) is 0.188. The van der Waals surface area contributed by atoms with Gasteiger partial charge in [0.15, 0.2) is 5.11 Å². The zero-order valence-corrected chi connectivity index (χ0v) is 13.6. The van der Waals surface area contributed by atoms with Crippen molar-refractivity contribution in [3.63, 3.8) is 0 Å². The van der Waals surface area contributed by atoms with Gasteiger partial charge in [-0.15, -0.1) is 0 Å². The van der Waals surface area contributed by atoms with E-state index in [1.807, 2.05) is 36.4 Å². The van der Waals surface area contributed by atoms with E-state index in [-0.39, 0.29) is 5.91 Å². The first-order valence-corrected chi connectivity index (χ1v) is 8.44. The lowest BCUT2D eigenvalue weighted by atomic mass is 10.2. The number of thioether (sulfide) groups is 1. The molecule has 0 aliphatic rings. The topological polar surface area (TPSA) is 54.0 Å². The van der Waals surface area contributed by atoms with Crippen molar-refractivity contribution >= 4 is 35.0 Å². The average molecular weight is 331 g/mol. The summed E-state index contributed by atoms with van der Waals surface area (Å²) in [7, 11) is 0. The normalized spacial score (nSPS) is 10.0. The van der Waals surface area contributed by atoms with Gasteiger partial charge in [0.1, 0.15) is 0 Å². The smallest absolute Gasteiger partial charge is 0.257 e. The van der Waals surface area contributed by atoms with Crippen LogP contribution < -0.4 is 10.6 Å². The monoisotopic (exact) mass is 331 g/mol. The third kappa shape index (κ3) is 5.83. The molecule has 1 aromatic carbocycles. The van der Waals surface area contributed by atoms with Crippen molar-refractivity contribution in [1.82, 2.24) is 15.6 Å². The number of hydrogen-bond donors (Lipinski definition) is 2. The first kappa shape index (κ1) is 16.5. The molecule has 0 unspecified atom stereocenters. The molecule has 22 heavy (non-hydrogen) atoms. The van der Waals surface area contributed by atoms with Crippen molar-refractivity contribution in [2.24, 2.45) is 0 Å². The quantitative estimate of drug-likeness (QED) is 0.629. The van der Waals surface area contributed by atoms with Crippen molar-refractivity contribution in [2.75, 3.05) is 12.3 Å². The maximum Gasteiger partial charge on any atom is 0.257 e. The molecule has 6 heteroatoms. The Balaban J connectivity index is 1.61. The number of amides is 1. The van der Waals surface area contributed by atoms with Gasteiger partial charge in [-0.05, 0) is 36.5 Å². The van der Waals surface area contributed by atoms with E-state index in [0.717, 1.165) is 17.2 Å². The lowest BCUT2D eigenvalue weighted by Gasteiger charge is -2.09. The lowest BCUT2D eigenvalue weighted by molar-refractivity contribution is 0.0976. The Labute approximate surface area is 139 Å². The van der Waals surface area contributed by atoms with E-state index >= 15 is 0 Å². The molecule has 0 aliphatic carbocycles. The van der Waals surface area contributed by atoms with Crippen LogP contribution in [0.1, 0.15) is 16.1 Å². The van der Waals surface area contributed by atoms with Gasteiger partial charge in [0, 0.05) is 29.8 Å². The van der Waals surface area contributed by atoms with Gasteiger partial charge < -0.3 is 5.32 Å². The van der Waals surface area contributed by atoms with Crippen LogP contribution >= 0.6 is 24.0 Å². The fourth-order valence-electron chi connectivity index (χ4n) is 1.71. The fourth-order valence-corrected chi connectivity index (χ4v) is 2.67. The summed E-state index contributed by atoms with van der Waals surface area (Å²) in [5.74, 6) is 1.56. The first-order chi connectivity index (χ1) is 10.8. The molecule has 1 amide bonds. The van der Waals surface area contributed by atoms with E-state index in [4.69, 9.17) is 12.2 Å². The summed E-state index contributed by atoms with van der Waals surface area (Å²) in [6.45, 7) is 0.700. The van der Waals surface area contributed by atoms with Crippen molar-refractivity contribution in [3.8, 4) is 0 Å². The van der Waals surface area contributed by atoms with Crippen LogP contribution in [0.15, 0.2) is 54.7 Å². The predicted octanol–water partition coefficient (Wildman–Crippen LogP) is 2.62. The molecule has 2 N–H and O–H groups in total. The molecule has 0 spiro atoms. The number of carbonyl (C=O) groups is 1. The van der Waals surface area contributed by atoms with Crippen LogP contribution in [0.3, 0.4) is 0 Å². The van der Waals surface area contributed by atoms with Crippen molar-refractivity contribution in [1.29, 1.82) is 0 Å². The van der Waals surface area contributed by atoms with Crippen LogP contribution in [0.5, 0.6) is 0 Å². The maximum atomic E-state index is 11.9. The molecular weight excluding hydrogens is 314 g/mol. The minimum Gasteiger partial charge on any atom is -0.362 e. The standard InChI is InChI=1S/C16H17N3OS2/c20-15(13-6-2-1-3-7-13)19-16(21)18-10-11-22-12-14-8-4-5-9-17-14/h1-9H,10-12H2,(H2,18,19,20,21).